The first-order chi connectivity index (χ1) is 11.6. The largest absolute Gasteiger partial charge is 0.493 e. The lowest BCUT2D eigenvalue weighted by atomic mass is 9.98. The SMILES string of the molecule is COc1ccc(-c2noc(C[NH+]3[C@H](C)CCC[C@H]3C)n2)cc1OC. The van der Waals surface area contributed by atoms with Gasteiger partial charge in [-0.15, -0.1) is 0 Å². The first-order valence-corrected chi connectivity index (χ1v) is 8.53. The number of likely N-dealkylation sites (tertiary alicyclic amines) is 1. The van der Waals surface area contributed by atoms with E-state index < -0.39 is 0 Å². The van der Waals surface area contributed by atoms with E-state index in [9.17, 15) is 0 Å². The third-order valence-electron chi connectivity index (χ3n) is 5.01. The smallest absolute Gasteiger partial charge is 0.282 e. The Morgan fingerprint density at radius 2 is 1.83 bits per heavy atom. The zero-order valence-corrected chi connectivity index (χ0v) is 14.8. The lowest BCUT2D eigenvalue weighted by Gasteiger charge is -2.34. The Morgan fingerprint density at radius 3 is 2.50 bits per heavy atom. The second-order valence-corrected chi connectivity index (χ2v) is 6.57. The van der Waals surface area contributed by atoms with Crippen LogP contribution in [0.5, 0.6) is 11.5 Å². The maximum absolute atomic E-state index is 5.49. The Balaban J connectivity index is 1.78. The highest BCUT2D eigenvalue weighted by molar-refractivity contribution is 5.60. The molecule has 1 N–H and O–H groups in total. The van der Waals surface area contributed by atoms with Crippen LogP contribution < -0.4 is 14.4 Å². The van der Waals surface area contributed by atoms with Gasteiger partial charge in [0.25, 0.3) is 5.89 Å². The Kier molecular flexibility index (Phi) is 5.04. The van der Waals surface area contributed by atoms with Gasteiger partial charge in [-0.1, -0.05) is 5.16 Å². The number of rotatable bonds is 5. The summed E-state index contributed by atoms with van der Waals surface area (Å²) in [6.45, 7) is 5.38. The van der Waals surface area contributed by atoms with Crippen molar-refractivity contribution >= 4 is 0 Å². The Morgan fingerprint density at radius 1 is 1.12 bits per heavy atom. The zero-order chi connectivity index (χ0) is 17.1. The number of aromatic nitrogens is 2. The molecule has 1 aliphatic heterocycles. The van der Waals surface area contributed by atoms with E-state index in [2.05, 4.69) is 24.0 Å². The van der Waals surface area contributed by atoms with E-state index in [0.29, 0.717) is 35.3 Å². The molecule has 0 saturated carbocycles. The molecule has 0 radical (unpaired) electrons. The van der Waals surface area contributed by atoms with Crippen LogP contribution in [0.3, 0.4) is 0 Å². The van der Waals surface area contributed by atoms with Crippen molar-refractivity contribution in [3.63, 3.8) is 0 Å². The number of nitrogens with zero attached hydrogens (tertiary/aromatic N) is 2. The first kappa shape index (κ1) is 16.8. The number of ether oxygens (including phenoxy) is 2. The van der Waals surface area contributed by atoms with Crippen LogP contribution in [-0.2, 0) is 6.54 Å². The molecule has 1 saturated heterocycles. The second kappa shape index (κ2) is 7.21. The third kappa shape index (κ3) is 3.38. The van der Waals surface area contributed by atoms with Gasteiger partial charge in [-0.3, -0.25) is 0 Å². The van der Waals surface area contributed by atoms with E-state index in [4.69, 9.17) is 14.0 Å². The monoisotopic (exact) mass is 332 g/mol. The van der Waals surface area contributed by atoms with Gasteiger partial charge < -0.3 is 18.9 Å². The van der Waals surface area contributed by atoms with Crippen LogP contribution in [0.4, 0.5) is 0 Å². The minimum atomic E-state index is 0.586. The Labute approximate surface area is 142 Å². The molecule has 0 bridgehead atoms. The fourth-order valence-electron chi connectivity index (χ4n) is 3.53. The van der Waals surface area contributed by atoms with Crippen LogP contribution in [0.25, 0.3) is 11.4 Å². The molecule has 1 aromatic carbocycles. The van der Waals surface area contributed by atoms with Crippen LogP contribution in [0.2, 0.25) is 0 Å². The van der Waals surface area contributed by atoms with Gasteiger partial charge in [0.1, 0.15) is 0 Å². The number of methoxy groups -OCH3 is 2. The molecule has 3 rings (SSSR count). The zero-order valence-electron chi connectivity index (χ0n) is 14.8. The summed E-state index contributed by atoms with van der Waals surface area (Å²) in [7, 11) is 3.24. The van der Waals surface area contributed by atoms with Crippen molar-refractivity contribution in [2.45, 2.75) is 51.7 Å². The summed E-state index contributed by atoms with van der Waals surface area (Å²) in [5.41, 5.74) is 0.859. The maximum atomic E-state index is 5.49. The van der Waals surface area contributed by atoms with E-state index >= 15 is 0 Å². The molecule has 2 atom stereocenters. The molecule has 6 heteroatoms. The van der Waals surface area contributed by atoms with Crippen molar-refractivity contribution in [3.05, 3.63) is 24.1 Å². The molecule has 0 amide bonds. The van der Waals surface area contributed by atoms with Gasteiger partial charge in [-0.2, -0.15) is 4.98 Å². The molecule has 2 aromatic rings. The summed E-state index contributed by atoms with van der Waals surface area (Å²) in [6.07, 6.45) is 3.83. The van der Waals surface area contributed by atoms with Crippen molar-refractivity contribution < 1.29 is 18.9 Å². The van der Waals surface area contributed by atoms with Crippen LogP contribution in [0, 0.1) is 0 Å². The van der Waals surface area contributed by atoms with Crippen molar-refractivity contribution in [2.24, 2.45) is 0 Å². The molecule has 0 unspecified atom stereocenters. The van der Waals surface area contributed by atoms with Gasteiger partial charge in [0, 0.05) is 5.56 Å². The average Bonchev–Trinajstić information content (AvgIpc) is 3.06. The standard InChI is InChI=1S/C18H25N3O3/c1-12-6-5-7-13(2)21(12)11-17-19-18(20-24-17)14-8-9-15(22-3)16(10-14)23-4/h8-10,12-13H,5-7,11H2,1-4H3/p+1/t12-,13-/m1/s1. The van der Waals surface area contributed by atoms with Gasteiger partial charge >= 0.3 is 0 Å². The normalized spacial score (nSPS) is 21.7. The summed E-state index contributed by atoms with van der Waals surface area (Å²) in [4.78, 5) is 6.11. The topological polar surface area (TPSA) is 61.8 Å². The highest BCUT2D eigenvalue weighted by Gasteiger charge is 2.30. The quantitative estimate of drug-likeness (QED) is 0.908. The van der Waals surface area contributed by atoms with Gasteiger partial charge in [0.15, 0.2) is 18.0 Å². The molecule has 6 nitrogen and oxygen atoms in total. The molecule has 0 aliphatic carbocycles. The highest BCUT2D eigenvalue weighted by atomic mass is 16.5. The lowest BCUT2D eigenvalue weighted by Crippen LogP contribution is -3.18. The van der Waals surface area contributed by atoms with Crippen LogP contribution in [-0.4, -0.2) is 36.4 Å². The number of hydrogen-bond donors (Lipinski definition) is 1. The highest BCUT2D eigenvalue weighted by Crippen LogP contribution is 2.31. The predicted molar refractivity (Wildman–Crippen MR) is 90.3 cm³/mol. The fourth-order valence-corrected chi connectivity index (χ4v) is 3.53. The summed E-state index contributed by atoms with van der Waals surface area (Å²) in [5.74, 6) is 2.62. The molecule has 1 aliphatic rings. The van der Waals surface area contributed by atoms with Crippen LogP contribution in [0.1, 0.15) is 39.0 Å². The summed E-state index contributed by atoms with van der Waals surface area (Å²) < 4.78 is 16.1. The number of benzene rings is 1. The van der Waals surface area contributed by atoms with Crippen LogP contribution in [0.15, 0.2) is 22.7 Å². The Hall–Kier alpha value is -2.08. The van der Waals surface area contributed by atoms with E-state index in [0.717, 1.165) is 12.1 Å². The molecule has 1 fully saturated rings. The van der Waals surface area contributed by atoms with E-state index in [1.54, 1.807) is 14.2 Å². The summed E-state index contributed by atoms with van der Waals surface area (Å²) >= 11 is 0. The number of piperidine rings is 1. The molecule has 24 heavy (non-hydrogen) atoms. The molecule has 130 valence electrons. The van der Waals surface area contributed by atoms with Gasteiger partial charge in [0.05, 0.1) is 26.3 Å². The Bertz CT molecular complexity index is 676. The fraction of sp³-hybridized carbons (Fsp3) is 0.556. The van der Waals surface area contributed by atoms with Gasteiger partial charge in [-0.05, 0) is 51.3 Å². The van der Waals surface area contributed by atoms with Crippen molar-refractivity contribution in [3.8, 4) is 22.9 Å². The van der Waals surface area contributed by atoms with E-state index in [1.165, 1.54) is 24.2 Å². The van der Waals surface area contributed by atoms with Gasteiger partial charge in [0.2, 0.25) is 5.82 Å². The van der Waals surface area contributed by atoms with E-state index in [-0.39, 0.29) is 0 Å². The summed E-state index contributed by atoms with van der Waals surface area (Å²) in [6, 6.07) is 6.89. The number of nitrogens with one attached hydrogen (secondary N) is 1. The van der Waals surface area contributed by atoms with E-state index in [1.807, 2.05) is 18.2 Å². The maximum Gasteiger partial charge on any atom is 0.282 e. The third-order valence-corrected chi connectivity index (χ3v) is 5.01. The molecule has 0 spiro atoms. The number of quaternary nitrogens is 1. The van der Waals surface area contributed by atoms with Crippen molar-refractivity contribution in [1.82, 2.24) is 10.1 Å². The average molecular weight is 332 g/mol. The molecular formula is C18H26N3O3+. The molecular weight excluding hydrogens is 306 g/mol. The van der Waals surface area contributed by atoms with Crippen molar-refractivity contribution in [2.75, 3.05) is 14.2 Å². The first-order valence-electron chi connectivity index (χ1n) is 8.53. The lowest BCUT2D eigenvalue weighted by molar-refractivity contribution is -0.965. The van der Waals surface area contributed by atoms with Crippen molar-refractivity contribution in [1.29, 1.82) is 0 Å². The molecule has 1 aromatic heterocycles. The number of hydrogen-bond acceptors (Lipinski definition) is 5. The molecule has 2 heterocycles. The minimum absolute atomic E-state index is 0.586. The predicted octanol–water partition coefficient (Wildman–Crippen LogP) is 2.10. The van der Waals surface area contributed by atoms with Gasteiger partial charge in [-0.25, -0.2) is 0 Å². The van der Waals surface area contributed by atoms with Crippen LogP contribution >= 0.6 is 0 Å². The second-order valence-electron chi connectivity index (χ2n) is 6.57. The summed E-state index contributed by atoms with van der Waals surface area (Å²) in [5, 5.41) is 4.14. The minimum Gasteiger partial charge on any atom is -0.493 e.